The molecule has 0 saturated carbocycles. The van der Waals surface area contributed by atoms with Crippen LogP contribution in [0.4, 0.5) is 5.69 Å². The summed E-state index contributed by atoms with van der Waals surface area (Å²) in [6.07, 6.45) is 1.70. The number of non-ortho nitro benzene ring substituents is 1. The number of hydrogen-bond donors (Lipinski definition) is 2. The van der Waals surface area contributed by atoms with Gasteiger partial charge in [0.05, 0.1) is 15.4 Å². The molecular weight excluding hydrogens is 397 g/mol. The maximum Gasteiger partial charge on any atom is 0.271 e. The van der Waals surface area contributed by atoms with E-state index in [-0.39, 0.29) is 42.3 Å². The van der Waals surface area contributed by atoms with Crippen LogP contribution in [-0.4, -0.2) is 41.1 Å². The summed E-state index contributed by atoms with van der Waals surface area (Å²) in [5, 5.41) is 24.4. The molecule has 0 amide bonds. The lowest BCUT2D eigenvalue weighted by Gasteiger charge is -2.33. The molecule has 6 nitrogen and oxygen atoms in total. The minimum absolute atomic E-state index is 0. The Bertz CT molecular complexity index is 540. The summed E-state index contributed by atoms with van der Waals surface area (Å²) in [5.74, 6) is 0.0269. The van der Waals surface area contributed by atoms with Crippen LogP contribution < -0.4 is 5.32 Å². The molecule has 2 rings (SSSR count). The molecule has 1 aromatic carbocycles. The van der Waals surface area contributed by atoms with Gasteiger partial charge in [-0.05, 0) is 15.9 Å². The molecule has 0 unspecified atom stereocenters. The van der Waals surface area contributed by atoms with Gasteiger partial charge in [-0.2, -0.15) is 0 Å². The number of phenols is 1. The average molecular weight is 415 g/mol. The lowest BCUT2D eigenvalue weighted by atomic mass is 10.0. The van der Waals surface area contributed by atoms with Gasteiger partial charge in [0, 0.05) is 43.9 Å². The SMILES string of the molecule is C=C[C@H](c1cc([N+](=O)[O-])cc(Br)c1O)N1CCNCC1.Cl.Cl. The Hall–Kier alpha value is -0.860. The van der Waals surface area contributed by atoms with E-state index in [0.29, 0.717) is 10.0 Å². The molecule has 1 aliphatic heterocycles. The van der Waals surface area contributed by atoms with E-state index in [2.05, 4.69) is 32.7 Å². The predicted molar refractivity (Wildman–Crippen MR) is 94.3 cm³/mol. The van der Waals surface area contributed by atoms with Crippen LogP contribution in [0, 0.1) is 10.1 Å². The highest BCUT2D eigenvalue weighted by molar-refractivity contribution is 9.10. The predicted octanol–water partition coefficient (Wildman–Crippen LogP) is 3.04. The first-order valence-electron chi connectivity index (χ1n) is 6.28. The Morgan fingerprint density at radius 3 is 2.50 bits per heavy atom. The molecule has 0 bridgehead atoms. The minimum Gasteiger partial charge on any atom is -0.506 e. The fraction of sp³-hybridized carbons (Fsp3) is 0.385. The maximum atomic E-state index is 11.0. The van der Waals surface area contributed by atoms with Crippen molar-refractivity contribution in [1.82, 2.24) is 10.2 Å². The topological polar surface area (TPSA) is 78.6 Å². The third-order valence-corrected chi connectivity index (χ3v) is 3.98. The van der Waals surface area contributed by atoms with Crippen molar-refractivity contribution in [1.29, 1.82) is 0 Å². The van der Waals surface area contributed by atoms with E-state index in [1.807, 2.05) is 0 Å². The Morgan fingerprint density at radius 1 is 1.41 bits per heavy atom. The molecule has 1 fully saturated rings. The summed E-state index contributed by atoms with van der Waals surface area (Å²) in [4.78, 5) is 12.6. The van der Waals surface area contributed by atoms with Crippen molar-refractivity contribution in [3.05, 3.63) is 44.9 Å². The third kappa shape index (κ3) is 4.57. The van der Waals surface area contributed by atoms with Crippen LogP contribution in [0.5, 0.6) is 5.75 Å². The van der Waals surface area contributed by atoms with Crippen molar-refractivity contribution < 1.29 is 10.0 Å². The van der Waals surface area contributed by atoms with Gasteiger partial charge in [0.15, 0.2) is 0 Å². The highest BCUT2D eigenvalue weighted by atomic mass is 79.9. The van der Waals surface area contributed by atoms with Gasteiger partial charge in [0.25, 0.3) is 5.69 Å². The van der Waals surface area contributed by atoms with Gasteiger partial charge in [0.2, 0.25) is 0 Å². The summed E-state index contributed by atoms with van der Waals surface area (Å²) in [5.41, 5.74) is 0.453. The Balaban J connectivity index is 0.00000220. The second-order valence-corrected chi connectivity index (χ2v) is 5.44. The van der Waals surface area contributed by atoms with E-state index in [9.17, 15) is 15.2 Å². The molecule has 1 heterocycles. The zero-order chi connectivity index (χ0) is 14.7. The van der Waals surface area contributed by atoms with Gasteiger partial charge >= 0.3 is 0 Å². The monoisotopic (exact) mass is 413 g/mol. The molecule has 0 spiro atoms. The number of halogens is 3. The molecular formula is C13H18BrCl2N3O3. The van der Waals surface area contributed by atoms with Gasteiger partial charge in [-0.3, -0.25) is 15.0 Å². The average Bonchev–Trinajstić information content (AvgIpc) is 2.45. The van der Waals surface area contributed by atoms with Crippen molar-refractivity contribution in [2.24, 2.45) is 0 Å². The number of nitro benzene ring substituents is 1. The van der Waals surface area contributed by atoms with Gasteiger partial charge < -0.3 is 10.4 Å². The van der Waals surface area contributed by atoms with Gasteiger partial charge in [-0.15, -0.1) is 31.4 Å². The van der Waals surface area contributed by atoms with E-state index in [1.54, 1.807) is 6.08 Å². The zero-order valence-electron chi connectivity index (χ0n) is 11.7. The van der Waals surface area contributed by atoms with Crippen molar-refractivity contribution >= 4 is 46.4 Å². The zero-order valence-corrected chi connectivity index (χ0v) is 14.9. The summed E-state index contributed by atoms with van der Waals surface area (Å²) in [7, 11) is 0. The number of phenolic OH excluding ortho intramolecular Hbond substituents is 1. The Morgan fingerprint density at radius 2 is 2.00 bits per heavy atom. The van der Waals surface area contributed by atoms with Crippen molar-refractivity contribution in [3.63, 3.8) is 0 Å². The fourth-order valence-corrected chi connectivity index (χ4v) is 2.83. The molecule has 0 radical (unpaired) electrons. The summed E-state index contributed by atoms with van der Waals surface area (Å²) in [6.45, 7) is 7.10. The van der Waals surface area contributed by atoms with E-state index in [1.165, 1.54) is 12.1 Å². The Labute approximate surface area is 149 Å². The van der Waals surface area contributed by atoms with Crippen molar-refractivity contribution in [2.75, 3.05) is 26.2 Å². The van der Waals surface area contributed by atoms with Crippen molar-refractivity contribution in [2.45, 2.75) is 6.04 Å². The van der Waals surface area contributed by atoms with E-state index in [0.717, 1.165) is 26.2 Å². The number of nitrogens with one attached hydrogen (secondary N) is 1. The highest BCUT2D eigenvalue weighted by Crippen LogP contribution is 2.38. The number of aromatic hydroxyl groups is 1. The first kappa shape index (κ1) is 21.1. The van der Waals surface area contributed by atoms with Crippen LogP contribution in [0.25, 0.3) is 0 Å². The van der Waals surface area contributed by atoms with Crippen LogP contribution in [-0.2, 0) is 0 Å². The molecule has 22 heavy (non-hydrogen) atoms. The second kappa shape index (κ2) is 9.32. The highest BCUT2D eigenvalue weighted by Gasteiger charge is 2.25. The summed E-state index contributed by atoms with van der Waals surface area (Å²) >= 11 is 3.17. The largest absolute Gasteiger partial charge is 0.506 e. The van der Waals surface area contributed by atoms with Crippen LogP contribution in [0.15, 0.2) is 29.3 Å². The number of benzene rings is 1. The van der Waals surface area contributed by atoms with Crippen molar-refractivity contribution in [3.8, 4) is 5.75 Å². The fourth-order valence-electron chi connectivity index (χ4n) is 2.37. The number of nitro groups is 1. The second-order valence-electron chi connectivity index (χ2n) is 4.59. The lowest BCUT2D eigenvalue weighted by molar-refractivity contribution is -0.385. The summed E-state index contributed by atoms with van der Waals surface area (Å²) in [6, 6.07) is 2.47. The van der Waals surface area contributed by atoms with Gasteiger partial charge in [-0.1, -0.05) is 6.08 Å². The molecule has 0 aromatic heterocycles. The molecule has 0 aliphatic carbocycles. The van der Waals surface area contributed by atoms with E-state index < -0.39 is 4.92 Å². The van der Waals surface area contributed by atoms with E-state index >= 15 is 0 Å². The number of rotatable bonds is 4. The number of nitrogens with zero attached hydrogens (tertiary/aromatic N) is 2. The molecule has 2 N–H and O–H groups in total. The molecule has 9 heteroatoms. The van der Waals surface area contributed by atoms with Gasteiger partial charge in [0.1, 0.15) is 5.75 Å². The smallest absolute Gasteiger partial charge is 0.271 e. The molecule has 1 saturated heterocycles. The summed E-state index contributed by atoms with van der Waals surface area (Å²) < 4.78 is 0.323. The lowest BCUT2D eigenvalue weighted by Crippen LogP contribution is -2.44. The standard InChI is InChI=1S/C13H16BrN3O3.2ClH/c1-2-12(16-5-3-15-4-6-16)10-7-9(17(19)20)8-11(14)13(10)18;;/h2,7-8,12,15,18H,1,3-6H2;2*1H/t12-;;/m1../s1. The third-order valence-electron chi connectivity index (χ3n) is 3.38. The number of hydrogen-bond acceptors (Lipinski definition) is 5. The Kier molecular flexibility index (Phi) is 8.95. The first-order valence-corrected chi connectivity index (χ1v) is 7.08. The van der Waals surface area contributed by atoms with E-state index in [4.69, 9.17) is 0 Å². The van der Waals surface area contributed by atoms with Crippen LogP contribution in [0.3, 0.4) is 0 Å². The number of piperazine rings is 1. The molecule has 1 atom stereocenters. The van der Waals surface area contributed by atoms with Crippen LogP contribution in [0.2, 0.25) is 0 Å². The van der Waals surface area contributed by atoms with Gasteiger partial charge in [-0.25, -0.2) is 0 Å². The van der Waals surface area contributed by atoms with Crippen LogP contribution in [0.1, 0.15) is 11.6 Å². The van der Waals surface area contributed by atoms with Crippen LogP contribution >= 0.6 is 40.7 Å². The maximum absolute atomic E-state index is 11.0. The molecule has 1 aromatic rings. The first-order chi connectivity index (χ1) is 9.54. The quantitative estimate of drug-likeness (QED) is 0.449. The normalized spacial score (nSPS) is 16.0. The molecule has 124 valence electrons. The molecule has 1 aliphatic rings. The minimum atomic E-state index is -0.467.